The molecule has 1 fully saturated rings. The van der Waals surface area contributed by atoms with Gasteiger partial charge in [-0.1, -0.05) is 11.6 Å². The molecule has 36 heavy (non-hydrogen) atoms. The average Bonchev–Trinajstić information content (AvgIpc) is 2.87. The van der Waals surface area contributed by atoms with E-state index in [-0.39, 0.29) is 36.0 Å². The van der Waals surface area contributed by atoms with Gasteiger partial charge in [0.25, 0.3) is 5.91 Å². The van der Waals surface area contributed by atoms with Crippen LogP contribution in [0, 0.1) is 12.7 Å². The molecular formula is C25H24ClFN2O6S. The Labute approximate surface area is 213 Å². The number of ether oxygens (including phenoxy) is 3. The fourth-order valence-corrected chi connectivity index (χ4v) is 5.02. The molecule has 0 saturated carbocycles. The van der Waals surface area contributed by atoms with Crippen LogP contribution in [0.25, 0.3) is 0 Å². The number of carbonyl (C=O) groups is 1. The molecule has 0 radical (unpaired) electrons. The molecule has 0 bridgehead atoms. The van der Waals surface area contributed by atoms with Gasteiger partial charge in [0.2, 0.25) is 10.0 Å². The Bertz CT molecular complexity index is 1350. The summed E-state index contributed by atoms with van der Waals surface area (Å²) in [7, 11) is -3.83. The van der Waals surface area contributed by atoms with Crippen molar-refractivity contribution in [3.05, 3.63) is 77.1 Å². The molecule has 190 valence electrons. The van der Waals surface area contributed by atoms with Crippen LogP contribution < -0.4 is 14.8 Å². The van der Waals surface area contributed by atoms with Gasteiger partial charge in [-0.15, -0.1) is 0 Å². The number of nitrogens with one attached hydrogen (secondary N) is 1. The summed E-state index contributed by atoms with van der Waals surface area (Å²) >= 11 is 6.02. The minimum Gasteiger partial charge on any atom is -0.484 e. The second kappa shape index (κ2) is 11.3. The van der Waals surface area contributed by atoms with E-state index in [1.54, 1.807) is 18.2 Å². The van der Waals surface area contributed by atoms with E-state index in [1.165, 1.54) is 46.8 Å². The van der Waals surface area contributed by atoms with Crippen molar-refractivity contribution in [3.63, 3.8) is 0 Å². The van der Waals surface area contributed by atoms with Crippen LogP contribution in [-0.2, 0) is 19.6 Å². The Morgan fingerprint density at radius 2 is 1.75 bits per heavy atom. The Kier molecular flexibility index (Phi) is 8.10. The highest BCUT2D eigenvalue weighted by molar-refractivity contribution is 7.89. The van der Waals surface area contributed by atoms with Crippen LogP contribution >= 0.6 is 11.6 Å². The number of aryl methyl sites for hydroxylation is 1. The molecule has 0 unspecified atom stereocenters. The van der Waals surface area contributed by atoms with Crippen molar-refractivity contribution in [3.8, 4) is 17.2 Å². The smallest absolute Gasteiger partial charge is 0.262 e. The van der Waals surface area contributed by atoms with Gasteiger partial charge in [0.05, 0.1) is 23.8 Å². The van der Waals surface area contributed by atoms with Crippen molar-refractivity contribution in [1.29, 1.82) is 0 Å². The van der Waals surface area contributed by atoms with Gasteiger partial charge >= 0.3 is 0 Å². The molecule has 1 heterocycles. The van der Waals surface area contributed by atoms with Crippen LogP contribution in [0.15, 0.2) is 65.6 Å². The standard InChI is InChI=1S/C25H24ClFN2O6S/c1-17-14-20(6-8-22(17)26)34-16-25(30)28-23-15-21(36(31,32)29-10-12-33-13-11-29)7-9-24(23)35-19-4-2-18(27)3-5-19/h2-9,14-15H,10-13,16H2,1H3,(H,28,30). The molecular weight excluding hydrogens is 511 g/mol. The number of hydrogen-bond acceptors (Lipinski definition) is 6. The molecule has 1 aliphatic rings. The van der Waals surface area contributed by atoms with Crippen molar-refractivity contribution in [2.75, 3.05) is 38.2 Å². The van der Waals surface area contributed by atoms with Crippen LogP contribution in [0.3, 0.4) is 0 Å². The first-order chi connectivity index (χ1) is 17.2. The Balaban J connectivity index is 1.57. The lowest BCUT2D eigenvalue weighted by molar-refractivity contribution is -0.118. The summed E-state index contributed by atoms with van der Waals surface area (Å²) < 4.78 is 57.5. The summed E-state index contributed by atoms with van der Waals surface area (Å²) in [5.41, 5.74) is 0.917. The fraction of sp³-hybridized carbons (Fsp3) is 0.240. The normalized spacial score (nSPS) is 14.3. The first-order valence-corrected chi connectivity index (χ1v) is 12.9. The predicted octanol–water partition coefficient (Wildman–Crippen LogP) is 4.62. The molecule has 0 aromatic heterocycles. The third-order valence-corrected chi connectivity index (χ3v) is 7.69. The molecule has 3 aromatic rings. The van der Waals surface area contributed by atoms with Gasteiger partial charge in [0, 0.05) is 18.1 Å². The van der Waals surface area contributed by atoms with E-state index in [2.05, 4.69) is 5.32 Å². The van der Waals surface area contributed by atoms with E-state index in [0.717, 1.165) is 5.56 Å². The molecule has 4 rings (SSSR count). The van der Waals surface area contributed by atoms with Gasteiger partial charge in [-0.2, -0.15) is 4.31 Å². The van der Waals surface area contributed by atoms with E-state index >= 15 is 0 Å². The zero-order valence-electron chi connectivity index (χ0n) is 19.4. The fourth-order valence-electron chi connectivity index (χ4n) is 3.46. The van der Waals surface area contributed by atoms with E-state index in [4.69, 9.17) is 25.8 Å². The summed E-state index contributed by atoms with van der Waals surface area (Å²) in [5, 5.41) is 3.23. The lowest BCUT2D eigenvalue weighted by Gasteiger charge is -2.26. The van der Waals surface area contributed by atoms with Crippen molar-refractivity contribution >= 4 is 33.2 Å². The quantitative estimate of drug-likeness (QED) is 0.453. The van der Waals surface area contributed by atoms with Crippen LogP contribution in [-0.4, -0.2) is 51.5 Å². The number of rotatable bonds is 8. The molecule has 11 heteroatoms. The lowest BCUT2D eigenvalue weighted by Crippen LogP contribution is -2.40. The van der Waals surface area contributed by atoms with Gasteiger partial charge in [0.15, 0.2) is 12.4 Å². The molecule has 0 aliphatic carbocycles. The number of morpholine rings is 1. The molecule has 1 saturated heterocycles. The molecule has 1 aliphatic heterocycles. The van der Waals surface area contributed by atoms with Crippen molar-refractivity contribution in [1.82, 2.24) is 4.31 Å². The zero-order valence-corrected chi connectivity index (χ0v) is 20.9. The summed E-state index contributed by atoms with van der Waals surface area (Å²) in [4.78, 5) is 12.7. The second-order valence-corrected chi connectivity index (χ2v) is 10.3. The van der Waals surface area contributed by atoms with Crippen molar-refractivity contribution in [2.24, 2.45) is 0 Å². The highest BCUT2D eigenvalue weighted by Gasteiger charge is 2.27. The monoisotopic (exact) mass is 534 g/mol. The second-order valence-electron chi connectivity index (χ2n) is 7.98. The van der Waals surface area contributed by atoms with Gasteiger partial charge in [-0.25, -0.2) is 12.8 Å². The topological polar surface area (TPSA) is 94.2 Å². The van der Waals surface area contributed by atoms with Gasteiger partial charge in [-0.05, 0) is 73.2 Å². The Morgan fingerprint density at radius 1 is 1.06 bits per heavy atom. The predicted molar refractivity (Wildman–Crippen MR) is 133 cm³/mol. The van der Waals surface area contributed by atoms with Crippen LogP contribution in [0.4, 0.5) is 10.1 Å². The Morgan fingerprint density at radius 3 is 2.44 bits per heavy atom. The molecule has 0 atom stereocenters. The summed E-state index contributed by atoms with van der Waals surface area (Å²) in [5.74, 6) is -0.0230. The lowest BCUT2D eigenvalue weighted by atomic mass is 10.2. The molecule has 0 spiro atoms. The third kappa shape index (κ3) is 6.33. The number of halogens is 2. The SMILES string of the molecule is Cc1cc(OCC(=O)Nc2cc(S(=O)(=O)N3CCOCC3)ccc2Oc2ccc(F)cc2)ccc1Cl. The minimum atomic E-state index is -3.83. The number of sulfonamides is 1. The highest BCUT2D eigenvalue weighted by atomic mass is 35.5. The summed E-state index contributed by atoms with van der Waals surface area (Å²) in [6.07, 6.45) is 0. The van der Waals surface area contributed by atoms with Gasteiger partial charge in [-0.3, -0.25) is 4.79 Å². The number of hydrogen-bond donors (Lipinski definition) is 1. The number of nitrogens with zero attached hydrogens (tertiary/aromatic N) is 1. The molecule has 1 amide bonds. The van der Waals surface area contributed by atoms with E-state index in [0.29, 0.717) is 29.7 Å². The van der Waals surface area contributed by atoms with E-state index in [9.17, 15) is 17.6 Å². The summed E-state index contributed by atoms with van der Waals surface area (Å²) in [6.45, 7) is 2.54. The van der Waals surface area contributed by atoms with Crippen LogP contribution in [0.5, 0.6) is 17.2 Å². The zero-order chi connectivity index (χ0) is 25.7. The maximum absolute atomic E-state index is 13.3. The van der Waals surface area contributed by atoms with E-state index < -0.39 is 21.7 Å². The average molecular weight is 535 g/mol. The number of carbonyl (C=O) groups excluding carboxylic acids is 1. The first-order valence-electron chi connectivity index (χ1n) is 11.1. The maximum Gasteiger partial charge on any atom is 0.262 e. The van der Waals surface area contributed by atoms with Crippen molar-refractivity contribution in [2.45, 2.75) is 11.8 Å². The third-order valence-electron chi connectivity index (χ3n) is 5.37. The van der Waals surface area contributed by atoms with Crippen LogP contribution in [0.1, 0.15) is 5.56 Å². The first kappa shape index (κ1) is 25.9. The summed E-state index contributed by atoms with van der Waals surface area (Å²) in [6, 6.07) is 14.5. The number of anilines is 1. The minimum absolute atomic E-state index is 0.0135. The molecule has 8 nitrogen and oxygen atoms in total. The number of benzene rings is 3. The number of amides is 1. The Hall–Kier alpha value is -3.18. The molecule has 1 N–H and O–H groups in total. The van der Waals surface area contributed by atoms with Gasteiger partial charge < -0.3 is 19.5 Å². The van der Waals surface area contributed by atoms with Crippen molar-refractivity contribution < 1.29 is 31.8 Å². The van der Waals surface area contributed by atoms with E-state index in [1.807, 2.05) is 6.92 Å². The maximum atomic E-state index is 13.3. The van der Waals surface area contributed by atoms with Crippen LogP contribution in [0.2, 0.25) is 5.02 Å². The van der Waals surface area contributed by atoms with Gasteiger partial charge in [0.1, 0.15) is 17.3 Å². The molecule has 3 aromatic carbocycles. The largest absolute Gasteiger partial charge is 0.484 e. The highest BCUT2D eigenvalue weighted by Crippen LogP contribution is 2.33.